The molecule has 0 radical (unpaired) electrons. The monoisotopic (exact) mass is 290 g/mol. The molecule has 4 nitrogen and oxygen atoms in total. The average Bonchev–Trinajstić information content (AvgIpc) is 2.86. The van der Waals surface area contributed by atoms with Crippen LogP contribution in [0, 0.1) is 6.92 Å². The van der Waals surface area contributed by atoms with Crippen LogP contribution in [0.2, 0.25) is 0 Å². The third-order valence-electron chi connectivity index (χ3n) is 4.35. The van der Waals surface area contributed by atoms with E-state index in [1.54, 1.807) is 0 Å². The first-order valence-corrected chi connectivity index (χ1v) is 8.13. The Hall–Kier alpha value is -1.13. The fourth-order valence-electron chi connectivity index (χ4n) is 3.21. The summed E-state index contributed by atoms with van der Waals surface area (Å²) in [5.41, 5.74) is 8.59. The second-order valence-corrected chi connectivity index (χ2v) is 6.61. The average molecular weight is 290 g/mol. The van der Waals surface area contributed by atoms with Crippen LogP contribution in [-0.2, 0) is 6.42 Å². The van der Waals surface area contributed by atoms with E-state index >= 15 is 0 Å². The van der Waals surface area contributed by atoms with Gasteiger partial charge in [0.1, 0.15) is 5.82 Å². The Kier molecular flexibility index (Phi) is 5.59. The fraction of sp³-hybridized carbons (Fsp3) is 0.706. The maximum Gasteiger partial charge on any atom is 0.131 e. The Balaban J connectivity index is 2.12. The lowest BCUT2D eigenvalue weighted by atomic mass is 10.0. The normalized spacial score (nSPS) is 20.3. The molecule has 1 fully saturated rings. The van der Waals surface area contributed by atoms with Crippen molar-refractivity contribution in [3.05, 3.63) is 23.4 Å². The largest absolute Gasteiger partial charge is 0.352 e. The van der Waals surface area contributed by atoms with E-state index in [9.17, 15) is 0 Å². The van der Waals surface area contributed by atoms with Crippen LogP contribution < -0.4 is 10.6 Å². The van der Waals surface area contributed by atoms with Gasteiger partial charge in [-0.1, -0.05) is 13.0 Å². The highest BCUT2D eigenvalue weighted by atomic mass is 15.3. The highest BCUT2D eigenvalue weighted by molar-refractivity contribution is 5.49. The molecule has 0 bridgehead atoms. The number of aryl methyl sites for hydroxylation is 1. The van der Waals surface area contributed by atoms with Crippen molar-refractivity contribution < 1.29 is 0 Å². The van der Waals surface area contributed by atoms with Crippen LogP contribution in [-0.4, -0.2) is 49.2 Å². The number of aromatic nitrogens is 1. The maximum absolute atomic E-state index is 6.05. The Morgan fingerprint density at radius 3 is 2.86 bits per heavy atom. The van der Waals surface area contributed by atoms with Crippen LogP contribution in [0.3, 0.4) is 0 Å². The SMILES string of the molecule is CCC(N)Cc1cnc(N2CCCC2CN(C)C)c(C)c1. The van der Waals surface area contributed by atoms with E-state index in [2.05, 4.69) is 43.8 Å². The van der Waals surface area contributed by atoms with Crippen molar-refractivity contribution >= 4 is 5.82 Å². The van der Waals surface area contributed by atoms with Gasteiger partial charge in [0.15, 0.2) is 0 Å². The summed E-state index contributed by atoms with van der Waals surface area (Å²) in [6.45, 7) is 6.54. The van der Waals surface area contributed by atoms with Gasteiger partial charge in [-0.3, -0.25) is 0 Å². The first-order valence-electron chi connectivity index (χ1n) is 8.13. The van der Waals surface area contributed by atoms with E-state index in [4.69, 9.17) is 10.7 Å². The van der Waals surface area contributed by atoms with Gasteiger partial charge in [0.2, 0.25) is 0 Å². The predicted molar refractivity (Wildman–Crippen MR) is 89.9 cm³/mol. The molecular weight excluding hydrogens is 260 g/mol. The summed E-state index contributed by atoms with van der Waals surface area (Å²) < 4.78 is 0. The minimum atomic E-state index is 0.241. The van der Waals surface area contributed by atoms with Crippen LogP contribution in [0.25, 0.3) is 0 Å². The second-order valence-electron chi connectivity index (χ2n) is 6.61. The molecular formula is C17H30N4. The molecule has 1 saturated heterocycles. The zero-order valence-electron chi connectivity index (χ0n) is 14.0. The minimum Gasteiger partial charge on any atom is -0.352 e. The summed E-state index contributed by atoms with van der Waals surface area (Å²) in [6.07, 6.45) is 6.48. The third kappa shape index (κ3) is 4.17. The summed E-state index contributed by atoms with van der Waals surface area (Å²) in [5.74, 6) is 1.16. The fourth-order valence-corrected chi connectivity index (χ4v) is 3.21. The molecule has 1 aromatic heterocycles. The summed E-state index contributed by atoms with van der Waals surface area (Å²) in [5, 5.41) is 0. The molecule has 2 heterocycles. The number of hydrogen-bond acceptors (Lipinski definition) is 4. The number of pyridine rings is 1. The number of likely N-dealkylation sites (N-methyl/N-ethyl adjacent to an activating group) is 1. The molecule has 1 aliphatic heterocycles. The Labute approximate surface area is 129 Å². The molecule has 2 N–H and O–H groups in total. The number of nitrogens with zero attached hydrogens (tertiary/aromatic N) is 3. The zero-order valence-corrected chi connectivity index (χ0v) is 14.0. The van der Waals surface area contributed by atoms with E-state index < -0.39 is 0 Å². The summed E-state index contributed by atoms with van der Waals surface area (Å²) in [7, 11) is 4.29. The molecule has 2 unspecified atom stereocenters. The van der Waals surface area contributed by atoms with Gasteiger partial charge < -0.3 is 15.5 Å². The van der Waals surface area contributed by atoms with Crippen LogP contribution in [0.4, 0.5) is 5.82 Å². The van der Waals surface area contributed by atoms with Gasteiger partial charge in [0.25, 0.3) is 0 Å². The Morgan fingerprint density at radius 1 is 1.48 bits per heavy atom. The lowest BCUT2D eigenvalue weighted by Crippen LogP contribution is -2.38. The molecule has 21 heavy (non-hydrogen) atoms. The smallest absolute Gasteiger partial charge is 0.131 e. The molecule has 2 rings (SSSR count). The van der Waals surface area contributed by atoms with Crippen LogP contribution in [0.1, 0.15) is 37.3 Å². The van der Waals surface area contributed by atoms with Crippen LogP contribution >= 0.6 is 0 Å². The van der Waals surface area contributed by atoms with E-state index in [1.165, 1.54) is 24.0 Å². The van der Waals surface area contributed by atoms with Crippen molar-refractivity contribution in [1.29, 1.82) is 0 Å². The van der Waals surface area contributed by atoms with Crippen LogP contribution in [0.15, 0.2) is 12.3 Å². The molecule has 1 aromatic rings. The number of hydrogen-bond donors (Lipinski definition) is 1. The zero-order chi connectivity index (χ0) is 15.4. The maximum atomic E-state index is 6.05. The molecule has 118 valence electrons. The van der Waals surface area contributed by atoms with E-state index in [0.717, 1.165) is 31.7 Å². The van der Waals surface area contributed by atoms with Gasteiger partial charge in [-0.05, 0) is 57.8 Å². The molecule has 0 saturated carbocycles. The topological polar surface area (TPSA) is 45.4 Å². The quantitative estimate of drug-likeness (QED) is 0.872. The van der Waals surface area contributed by atoms with Gasteiger partial charge in [-0.25, -0.2) is 4.98 Å². The van der Waals surface area contributed by atoms with E-state index in [1.807, 2.05) is 6.20 Å². The number of rotatable bonds is 6. The van der Waals surface area contributed by atoms with Crippen LogP contribution in [0.5, 0.6) is 0 Å². The van der Waals surface area contributed by atoms with Crippen molar-refractivity contribution in [1.82, 2.24) is 9.88 Å². The molecule has 4 heteroatoms. The molecule has 0 aliphatic carbocycles. The van der Waals surface area contributed by atoms with Crippen molar-refractivity contribution in [2.24, 2.45) is 5.73 Å². The lowest BCUT2D eigenvalue weighted by molar-refractivity contribution is 0.371. The van der Waals surface area contributed by atoms with Crippen molar-refractivity contribution in [2.45, 2.75) is 51.6 Å². The van der Waals surface area contributed by atoms with Gasteiger partial charge >= 0.3 is 0 Å². The predicted octanol–water partition coefficient (Wildman–Crippen LogP) is 2.20. The number of nitrogens with two attached hydrogens (primary N) is 1. The second kappa shape index (κ2) is 7.23. The van der Waals surface area contributed by atoms with E-state index in [0.29, 0.717) is 6.04 Å². The highest BCUT2D eigenvalue weighted by Gasteiger charge is 2.27. The number of anilines is 1. The lowest BCUT2D eigenvalue weighted by Gasteiger charge is -2.29. The summed E-state index contributed by atoms with van der Waals surface area (Å²) >= 11 is 0. The van der Waals surface area contributed by atoms with Gasteiger partial charge in [0, 0.05) is 31.4 Å². The first kappa shape index (κ1) is 16.2. The van der Waals surface area contributed by atoms with Gasteiger partial charge in [-0.2, -0.15) is 0 Å². The van der Waals surface area contributed by atoms with Gasteiger partial charge in [-0.15, -0.1) is 0 Å². The molecule has 0 amide bonds. The van der Waals surface area contributed by atoms with Gasteiger partial charge in [0.05, 0.1) is 0 Å². The molecule has 0 aromatic carbocycles. The summed E-state index contributed by atoms with van der Waals surface area (Å²) in [4.78, 5) is 9.51. The highest BCUT2D eigenvalue weighted by Crippen LogP contribution is 2.27. The van der Waals surface area contributed by atoms with Crippen molar-refractivity contribution in [3.63, 3.8) is 0 Å². The molecule has 1 aliphatic rings. The Morgan fingerprint density at radius 2 is 2.24 bits per heavy atom. The summed E-state index contributed by atoms with van der Waals surface area (Å²) in [6, 6.07) is 3.10. The minimum absolute atomic E-state index is 0.241. The van der Waals surface area contributed by atoms with E-state index in [-0.39, 0.29) is 6.04 Å². The Bertz CT molecular complexity index is 458. The third-order valence-corrected chi connectivity index (χ3v) is 4.35. The van der Waals surface area contributed by atoms with Crippen molar-refractivity contribution in [2.75, 3.05) is 32.1 Å². The molecule has 2 atom stereocenters. The first-order chi connectivity index (χ1) is 10.0. The standard InChI is InChI=1S/C17H30N4/c1-5-15(18)10-14-9-13(2)17(19-11-14)21-8-6-7-16(21)12-20(3)4/h9,11,15-16H,5-8,10,12,18H2,1-4H3. The molecule has 0 spiro atoms. The van der Waals surface area contributed by atoms with Crippen molar-refractivity contribution in [3.8, 4) is 0 Å².